The van der Waals surface area contributed by atoms with Gasteiger partial charge < -0.3 is 0 Å². The standard InChI is InChI=1S/C26H16Br2N2O/c27-20-12-8-18(9-13-20)25-23(26(31)19-10-14-21(28)15-11-19)16-29-30(25)24-7-3-5-17-4-1-2-6-22(17)24/h1-16H. The van der Waals surface area contributed by atoms with Crippen molar-refractivity contribution >= 4 is 48.4 Å². The first-order chi connectivity index (χ1) is 15.1. The molecule has 0 aliphatic rings. The zero-order valence-corrected chi connectivity index (χ0v) is 19.5. The summed E-state index contributed by atoms with van der Waals surface area (Å²) < 4.78 is 3.79. The van der Waals surface area contributed by atoms with Crippen molar-refractivity contribution in [2.75, 3.05) is 0 Å². The Labute approximate surface area is 196 Å². The van der Waals surface area contributed by atoms with Gasteiger partial charge in [-0.3, -0.25) is 4.79 Å². The lowest BCUT2D eigenvalue weighted by Gasteiger charge is -2.13. The fourth-order valence-corrected chi connectivity index (χ4v) is 4.26. The molecule has 0 aliphatic heterocycles. The summed E-state index contributed by atoms with van der Waals surface area (Å²) in [6.07, 6.45) is 1.67. The van der Waals surface area contributed by atoms with Crippen molar-refractivity contribution in [3.63, 3.8) is 0 Å². The molecule has 31 heavy (non-hydrogen) atoms. The number of nitrogens with zero attached hydrogens (tertiary/aromatic N) is 2. The lowest BCUT2D eigenvalue weighted by Crippen LogP contribution is -2.05. The van der Waals surface area contributed by atoms with Crippen molar-refractivity contribution in [1.82, 2.24) is 9.78 Å². The van der Waals surface area contributed by atoms with Gasteiger partial charge in [-0.2, -0.15) is 5.10 Å². The van der Waals surface area contributed by atoms with Gasteiger partial charge in [0.2, 0.25) is 0 Å². The van der Waals surface area contributed by atoms with E-state index >= 15 is 0 Å². The molecule has 1 heterocycles. The predicted molar refractivity (Wildman–Crippen MR) is 132 cm³/mol. The first kappa shape index (κ1) is 19.9. The van der Waals surface area contributed by atoms with E-state index in [2.05, 4.69) is 55.2 Å². The van der Waals surface area contributed by atoms with Crippen LogP contribution in [-0.2, 0) is 0 Å². The highest BCUT2D eigenvalue weighted by Gasteiger charge is 2.22. The topological polar surface area (TPSA) is 34.9 Å². The highest BCUT2D eigenvalue weighted by molar-refractivity contribution is 9.10. The highest BCUT2D eigenvalue weighted by atomic mass is 79.9. The average molecular weight is 532 g/mol. The normalized spacial score (nSPS) is 11.0. The Hall–Kier alpha value is -3.02. The molecule has 0 saturated carbocycles. The zero-order valence-electron chi connectivity index (χ0n) is 16.3. The van der Waals surface area contributed by atoms with E-state index in [4.69, 9.17) is 0 Å². The van der Waals surface area contributed by atoms with E-state index < -0.39 is 0 Å². The third-order valence-electron chi connectivity index (χ3n) is 5.23. The monoisotopic (exact) mass is 530 g/mol. The van der Waals surface area contributed by atoms with E-state index in [-0.39, 0.29) is 5.78 Å². The van der Waals surface area contributed by atoms with Gasteiger partial charge in [-0.15, -0.1) is 0 Å². The predicted octanol–water partition coefficient (Wildman–Crippen LogP) is 7.45. The summed E-state index contributed by atoms with van der Waals surface area (Å²) >= 11 is 6.94. The number of hydrogen-bond donors (Lipinski definition) is 0. The van der Waals surface area contributed by atoms with Crippen molar-refractivity contribution in [2.45, 2.75) is 0 Å². The molecule has 0 radical (unpaired) electrons. The third kappa shape index (κ3) is 3.75. The second-order valence-corrected chi connectivity index (χ2v) is 8.99. The Kier molecular flexibility index (Phi) is 5.30. The molecular weight excluding hydrogens is 516 g/mol. The molecule has 0 bridgehead atoms. The van der Waals surface area contributed by atoms with Crippen LogP contribution in [0.5, 0.6) is 0 Å². The summed E-state index contributed by atoms with van der Waals surface area (Å²) in [7, 11) is 0. The van der Waals surface area contributed by atoms with Crippen LogP contribution in [0.15, 0.2) is 106 Å². The number of fused-ring (bicyclic) bond motifs is 1. The maximum absolute atomic E-state index is 13.4. The van der Waals surface area contributed by atoms with E-state index in [1.165, 1.54) is 0 Å². The molecule has 0 unspecified atom stereocenters. The van der Waals surface area contributed by atoms with Crippen LogP contribution in [-0.4, -0.2) is 15.6 Å². The molecule has 5 aromatic rings. The maximum atomic E-state index is 13.4. The molecule has 5 heteroatoms. The van der Waals surface area contributed by atoms with E-state index in [1.807, 2.05) is 77.5 Å². The fraction of sp³-hybridized carbons (Fsp3) is 0. The Balaban J connectivity index is 1.75. The van der Waals surface area contributed by atoms with Crippen LogP contribution in [0.25, 0.3) is 27.7 Å². The first-order valence-corrected chi connectivity index (χ1v) is 11.3. The van der Waals surface area contributed by atoms with Gasteiger partial charge >= 0.3 is 0 Å². The molecule has 0 fully saturated rings. The number of hydrogen-bond acceptors (Lipinski definition) is 2. The average Bonchev–Trinajstić information content (AvgIpc) is 3.24. The zero-order chi connectivity index (χ0) is 21.4. The van der Waals surface area contributed by atoms with Gasteiger partial charge in [0, 0.05) is 25.5 Å². The molecule has 4 aromatic carbocycles. The summed E-state index contributed by atoms with van der Waals surface area (Å²) in [5.74, 6) is -0.0584. The van der Waals surface area contributed by atoms with Crippen molar-refractivity contribution in [2.24, 2.45) is 0 Å². The van der Waals surface area contributed by atoms with Crippen LogP contribution in [0.1, 0.15) is 15.9 Å². The Bertz CT molecular complexity index is 1400. The van der Waals surface area contributed by atoms with Gasteiger partial charge in [0.25, 0.3) is 0 Å². The van der Waals surface area contributed by atoms with Crippen LogP contribution in [0.2, 0.25) is 0 Å². The summed E-state index contributed by atoms with van der Waals surface area (Å²) in [5, 5.41) is 6.88. The van der Waals surface area contributed by atoms with E-state index in [9.17, 15) is 4.79 Å². The minimum Gasteiger partial charge on any atom is -0.288 e. The quantitative estimate of drug-likeness (QED) is 0.226. The Morgan fingerprint density at radius 2 is 1.39 bits per heavy atom. The van der Waals surface area contributed by atoms with Crippen LogP contribution in [0.4, 0.5) is 0 Å². The molecule has 0 spiro atoms. The molecule has 1 aromatic heterocycles. The Morgan fingerprint density at radius 3 is 2.13 bits per heavy atom. The minimum absolute atomic E-state index is 0.0584. The second-order valence-electron chi connectivity index (χ2n) is 7.16. The summed E-state index contributed by atoms with van der Waals surface area (Å²) in [5.41, 5.74) is 3.83. The number of carbonyl (C=O) groups excluding carboxylic acids is 1. The Morgan fingerprint density at radius 1 is 0.742 bits per heavy atom. The summed E-state index contributed by atoms with van der Waals surface area (Å²) in [6.45, 7) is 0. The van der Waals surface area contributed by atoms with Crippen molar-refractivity contribution < 1.29 is 4.79 Å². The van der Waals surface area contributed by atoms with Gasteiger partial charge in [0.15, 0.2) is 5.78 Å². The highest BCUT2D eigenvalue weighted by Crippen LogP contribution is 2.32. The fourth-order valence-electron chi connectivity index (χ4n) is 3.73. The SMILES string of the molecule is O=C(c1ccc(Br)cc1)c1cnn(-c2cccc3ccccc23)c1-c1ccc(Br)cc1. The van der Waals surface area contributed by atoms with E-state index in [0.29, 0.717) is 11.1 Å². The lowest BCUT2D eigenvalue weighted by atomic mass is 10.00. The van der Waals surface area contributed by atoms with Crippen LogP contribution < -0.4 is 0 Å². The number of halogens is 2. The summed E-state index contributed by atoms with van der Waals surface area (Å²) in [4.78, 5) is 13.4. The maximum Gasteiger partial charge on any atom is 0.196 e. The second kappa shape index (κ2) is 8.25. The molecule has 0 amide bonds. The van der Waals surface area contributed by atoms with Crippen LogP contribution in [0, 0.1) is 0 Å². The smallest absolute Gasteiger partial charge is 0.196 e. The molecule has 0 aliphatic carbocycles. The molecule has 0 atom stereocenters. The molecular formula is C26H16Br2N2O. The first-order valence-electron chi connectivity index (χ1n) is 9.74. The largest absolute Gasteiger partial charge is 0.288 e. The lowest BCUT2D eigenvalue weighted by molar-refractivity contribution is 0.103. The van der Waals surface area contributed by atoms with Gasteiger partial charge in [-0.1, -0.05) is 80.4 Å². The van der Waals surface area contributed by atoms with Gasteiger partial charge in [-0.05, 0) is 47.9 Å². The van der Waals surface area contributed by atoms with Gasteiger partial charge in [0.1, 0.15) is 0 Å². The number of benzene rings is 4. The molecule has 5 rings (SSSR count). The molecule has 0 N–H and O–H groups in total. The number of ketones is 1. The number of carbonyl (C=O) groups is 1. The van der Waals surface area contributed by atoms with E-state index in [0.717, 1.165) is 36.7 Å². The molecule has 3 nitrogen and oxygen atoms in total. The van der Waals surface area contributed by atoms with Crippen molar-refractivity contribution in [3.8, 4) is 16.9 Å². The van der Waals surface area contributed by atoms with E-state index in [1.54, 1.807) is 6.20 Å². The third-order valence-corrected chi connectivity index (χ3v) is 6.29. The molecule has 150 valence electrons. The van der Waals surface area contributed by atoms with Crippen molar-refractivity contribution in [1.29, 1.82) is 0 Å². The number of aromatic nitrogens is 2. The van der Waals surface area contributed by atoms with Crippen LogP contribution >= 0.6 is 31.9 Å². The van der Waals surface area contributed by atoms with Crippen molar-refractivity contribution in [3.05, 3.63) is 117 Å². The molecule has 0 saturated heterocycles. The van der Waals surface area contributed by atoms with Gasteiger partial charge in [-0.25, -0.2) is 4.68 Å². The minimum atomic E-state index is -0.0584. The summed E-state index contributed by atoms with van der Waals surface area (Å²) in [6, 6.07) is 29.7. The van der Waals surface area contributed by atoms with Gasteiger partial charge in [0.05, 0.1) is 23.1 Å². The van der Waals surface area contributed by atoms with Crippen LogP contribution in [0.3, 0.4) is 0 Å². The number of rotatable bonds is 4.